The van der Waals surface area contributed by atoms with Gasteiger partial charge in [0.2, 0.25) is 10.0 Å². The summed E-state index contributed by atoms with van der Waals surface area (Å²) in [7, 11) is -4.02. The predicted octanol–water partition coefficient (Wildman–Crippen LogP) is 3.11. The Labute approximate surface area is 195 Å². The molecule has 0 saturated carbocycles. The van der Waals surface area contributed by atoms with Crippen LogP contribution in [0, 0.1) is 22.5 Å². The summed E-state index contributed by atoms with van der Waals surface area (Å²) in [4.78, 5) is 19.1. The van der Waals surface area contributed by atoms with E-state index in [9.17, 15) is 18.5 Å². The van der Waals surface area contributed by atoms with E-state index < -0.39 is 14.9 Å². The highest BCUT2D eigenvalue weighted by Gasteiger charge is 2.34. The lowest BCUT2D eigenvalue weighted by molar-refractivity contribution is -0.385. The van der Waals surface area contributed by atoms with Gasteiger partial charge in [-0.1, -0.05) is 25.8 Å². The molecule has 0 spiro atoms. The Morgan fingerprint density at radius 3 is 2.33 bits per heavy atom. The van der Waals surface area contributed by atoms with Crippen LogP contribution in [0.15, 0.2) is 41.4 Å². The number of terminal acetylenes is 1. The number of nitrogens with zero attached hydrogens (tertiary/aromatic N) is 5. The van der Waals surface area contributed by atoms with Crippen LogP contribution in [0.4, 0.5) is 17.2 Å². The van der Waals surface area contributed by atoms with Gasteiger partial charge in [0.15, 0.2) is 0 Å². The molecule has 1 aliphatic rings. The Balaban J connectivity index is 2.03. The third kappa shape index (κ3) is 5.26. The predicted molar refractivity (Wildman–Crippen MR) is 129 cm³/mol. The third-order valence-electron chi connectivity index (χ3n) is 5.56. The van der Waals surface area contributed by atoms with Crippen molar-refractivity contribution in [1.29, 1.82) is 0 Å². The molecular formula is C23H29N5O4S. The number of hydrogen-bond acceptors (Lipinski definition) is 7. The summed E-state index contributed by atoms with van der Waals surface area (Å²) in [6.07, 6.45) is 8.96. The van der Waals surface area contributed by atoms with Crippen LogP contribution in [0.5, 0.6) is 0 Å². The van der Waals surface area contributed by atoms with Crippen molar-refractivity contribution in [3.8, 4) is 12.3 Å². The fourth-order valence-electron chi connectivity index (χ4n) is 4.04. The average Bonchev–Trinajstić information content (AvgIpc) is 2.83. The van der Waals surface area contributed by atoms with E-state index in [4.69, 9.17) is 6.42 Å². The van der Waals surface area contributed by atoms with Gasteiger partial charge in [-0.15, -0.1) is 6.42 Å². The first-order chi connectivity index (χ1) is 15.8. The number of rotatable bonds is 9. The van der Waals surface area contributed by atoms with E-state index in [-0.39, 0.29) is 29.2 Å². The summed E-state index contributed by atoms with van der Waals surface area (Å²) >= 11 is 0. The SMILES string of the molecule is C#Cc1cc([N+](=O)[O-])cc(S(=O)(=O)N2CCN(c3ccccn3)CC2)c1N(CCC)CCC. The van der Waals surface area contributed by atoms with Crippen molar-refractivity contribution in [2.45, 2.75) is 31.6 Å². The van der Waals surface area contributed by atoms with E-state index in [0.29, 0.717) is 31.9 Å². The van der Waals surface area contributed by atoms with Gasteiger partial charge in [-0.2, -0.15) is 4.31 Å². The monoisotopic (exact) mass is 471 g/mol. The number of anilines is 2. The largest absolute Gasteiger partial charge is 0.369 e. The highest BCUT2D eigenvalue weighted by atomic mass is 32.2. The van der Waals surface area contributed by atoms with Gasteiger partial charge in [-0.25, -0.2) is 13.4 Å². The van der Waals surface area contributed by atoms with Gasteiger partial charge in [0.1, 0.15) is 10.7 Å². The second-order valence-corrected chi connectivity index (χ2v) is 9.71. The fourth-order valence-corrected chi connectivity index (χ4v) is 5.72. The lowest BCUT2D eigenvalue weighted by atomic mass is 10.1. The molecule has 9 nitrogen and oxygen atoms in total. The van der Waals surface area contributed by atoms with E-state index in [1.54, 1.807) is 6.20 Å². The van der Waals surface area contributed by atoms with E-state index in [1.807, 2.05) is 41.8 Å². The Hall–Kier alpha value is -3.16. The number of piperazine rings is 1. The number of aromatic nitrogens is 1. The van der Waals surface area contributed by atoms with Gasteiger partial charge in [0.05, 0.1) is 16.2 Å². The number of non-ortho nitro benzene ring substituents is 1. The second kappa shape index (κ2) is 10.6. The van der Waals surface area contributed by atoms with E-state index in [1.165, 1.54) is 10.4 Å². The molecule has 1 aliphatic heterocycles. The van der Waals surface area contributed by atoms with Crippen molar-refractivity contribution >= 4 is 27.2 Å². The summed E-state index contributed by atoms with van der Waals surface area (Å²) in [6, 6.07) is 8.03. The Bertz CT molecular complexity index is 1120. The topological polar surface area (TPSA) is 99.9 Å². The molecule has 1 aromatic heterocycles. The summed E-state index contributed by atoms with van der Waals surface area (Å²) in [6.45, 7) is 6.60. The fraction of sp³-hybridized carbons (Fsp3) is 0.435. The maximum Gasteiger partial charge on any atom is 0.272 e. The molecule has 0 unspecified atom stereocenters. The number of nitro benzene ring substituents is 1. The molecule has 2 heterocycles. The van der Waals surface area contributed by atoms with Crippen molar-refractivity contribution < 1.29 is 13.3 Å². The van der Waals surface area contributed by atoms with E-state index in [0.717, 1.165) is 24.7 Å². The molecule has 1 fully saturated rings. The van der Waals surface area contributed by atoms with Gasteiger partial charge in [-0.05, 0) is 25.0 Å². The minimum Gasteiger partial charge on any atom is -0.369 e. The standard InChI is InChI=1S/C23H29N5O4S/c1-4-11-26(12-5-2)23-19(6-3)17-20(28(29)30)18-21(23)33(31,32)27-15-13-25(14-16-27)22-9-7-8-10-24-22/h3,7-10,17-18H,4-5,11-16H2,1-2H3. The highest BCUT2D eigenvalue weighted by molar-refractivity contribution is 7.89. The first-order valence-corrected chi connectivity index (χ1v) is 12.5. The Kier molecular flexibility index (Phi) is 7.89. The van der Waals surface area contributed by atoms with Crippen LogP contribution in [0.25, 0.3) is 0 Å². The van der Waals surface area contributed by atoms with Crippen molar-refractivity contribution in [1.82, 2.24) is 9.29 Å². The molecule has 0 radical (unpaired) electrons. The van der Waals surface area contributed by atoms with Gasteiger partial charge in [0, 0.05) is 57.6 Å². The summed E-state index contributed by atoms with van der Waals surface area (Å²) < 4.78 is 28.9. The molecule has 1 saturated heterocycles. The molecule has 3 rings (SSSR count). The Morgan fingerprint density at radius 1 is 1.15 bits per heavy atom. The zero-order valence-corrected chi connectivity index (χ0v) is 19.8. The Morgan fingerprint density at radius 2 is 1.82 bits per heavy atom. The first-order valence-electron chi connectivity index (χ1n) is 11.0. The number of sulfonamides is 1. The number of nitro groups is 1. The van der Waals surface area contributed by atoms with Crippen molar-refractivity contribution in [3.63, 3.8) is 0 Å². The molecule has 0 amide bonds. The molecule has 33 heavy (non-hydrogen) atoms. The smallest absolute Gasteiger partial charge is 0.272 e. The zero-order valence-electron chi connectivity index (χ0n) is 19.0. The van der Waals surface area contributed by atoms with Crippen LogP contribution < -0.4 is 9.80 Å². The van der Waals surface area contributed by atoms with Gasteiger partial charge in [0.25, 0.3) is 5.69 Å². The minimum atomic E-state index is -4.02. The van der Waals surface area contributed by atoms with Gasteiger partial charge < -0.3 is 9.80 Å². The molecule has 176 valence electrons. The first kappa shape index (κ1) is 24.5. The molecule has 0 atom stereocenters. The number of pyridine rings is 1. The van der Waals surface area contributed by atoms with Crippen molar-refractivity contribution in [3.05, 3.63) is 52.2 Å². The molecule has 1 aromatic carbocycles. The van der Waals surface area contributed by atoms with Crippen molar-refractivity contribution in [2.24, 2.45) is 0 Å². The van der Waals surface area contributed by atoms with Crippen LogP contribution in [0.2, 0.25) is 0 Å². The lowest BCUT2D eigenvalue weighted by Crippen LogP contribution is -2.49. The van der Waals surface area contributed by atoms with Crippen LogP contribution in [-0.4, -0.2) is 61.9 Å². The maximum absolute atomic E-state index is 13.8. The van der Waals surface area contributed by atoms with Crippen molar-refractivity contribution in [2.75, 3.05) is 49.1 Å². The van der Waals surface area contributed by atoms with Crippen LogP contribution in [0.1, 0.15) is 32.3 Å². The van der Waals surface area contributed by atoms with Crippen LogP contribution in [-0.2, 0) is 10.0 Å². The molecule has 0 aliphatic carbocycles. The quantitative estimate of drug-likeness (QED) is 0.315. The highest BCUT2D eigenvalue weighted by Crippen LogP contribution is 2.36. The lowest BCUT2D eigenvalue weighted by Gasteiger charge is -2.35. The summed E-state index contributed by atoms with van der Waals surface area (Å²) in [5.74, 6) is 3.28. The summed E-state index contributed by atoms with van der Waals surface area (Å²) in [5, 5.41) is 11.6. The van der Waals surface area contributed by atoms with E-state index in [2.05, 4.69) is 10.9 Å². The maximum atomic E-state index is 13.8. The second-order valence-electron chi connectivity index (χ2n) is 7.81. The zero-order chi connectivity index (χ0) is 24.0. The van der Waals surface area contributed by atoms with Crippen LogP contribution in [0.3, 0.4) is 0 Å². The van der Waals surface area contributed by atoms with E-state index >= 15 is 0 Å². The average molecular weight is 472 g/mol. The minimum absolute atomic E-state index is 0.0992. The molecular weight excluding hydrogens is 442 g/mol. The normalized spacial score (nSPS) is 14.6. The molecule has 0 N–H and O–H groups in total. The van der Waals surface area contributed by atoms with Gasteiger partial charge in [-0.3, -0.25) is 10.1 Å². The van der Waals surface area contributed by atoms with Gasteiger partial charge >= 0.3 is 0 Å². The third-order valence-corrected chi connectivity index (χ3v) is 7.47. The number of benzene rings is 1. The molecule has 10 heteroatoms. The molecule has 2 aromatic rings. The summed E-state index contributed by atoms with van der Waals surface area (Å²) in [5.41, 5.74) is 0.265. The number of hydrogen-bond donors (Lipinski definition) is 0. The van der Waals surface area contributed by atoms with Crippen LogP contribution >= 0.6 is 0 Å². The molecule has 0 bridgehead atoms.